The Labute approximate surface area is 71.0 Å². The zero-order valence-corrected chi connectivity index (χ0v) is 7.39. The van der Waals surface area contributed by atoms with Crippen molar-refractivity contribution in [1.82, 2.24) is 4.31 Å². The maximum Gasteiger partial charge on any atom is 0.179 e. The summed E-state index contributed by atoms with van der Waals surface area (Å²) in [6, 6.07) is 6.88. The second-order valence-corrected chi connectivity index (χ2v) is 3.76. The van der Waals surface area contributed by atoms with Gasteiger partial charge in [-0.3, -0.25) is 9.41 Å². The molecule has 2 nitrogen and oxygen atoms in total. The zero-order valence-electron chi connectivity index (χ0n) is 6.57. The third-order valence-electron chi connectivity index (χ3n) is 1.09. The molecule has 11 heavy (non-hydrogen) atoms. The number of rotatable bonds is 2. The minimum absolute atomic E-state index is 0.0665. The molecule has 1 aromatic rings. The van der Waals surface area contributed by atoms with Crippen molar-refractivity contribution in [3.05, 3.63) is 24.3 Å². The van der Waals surface area contributed by atoms with Crippen LogP contribution < -0.4 is 0 Å². The van der Waals surface area contributed by atoms with E-state index in [4.69, 9.17) is 0 Å². The molecule has 1 radical (unpaired) electrons. The number of hydrogen-bond donors (Lipinski definition) is 0. The molecular formula is C8H10NOS. The highest BCUT2D eigenvalue weighted by Gasteiger charge is 1.96. The van der Waals surface area contributed by atoms with E-state index in [-0.39, 0.29) is 5.75 Å². The number of benzene rings is 1. The molecule has 0 saturated heterocycles. The number of hydrogen-bond acceptors (Lipinski definition) is 2. The average Bonchev–Trinajstić information content (AvgIpc) is 1.85. The fourth-order valence-electron chi connectivity index (χ4n) is 0.742. The molecule has 59 valence electrons. The Kier molecular flexibility index (Phi) is 2.79. The highest BCUT2D eigenvalue weighted by atomic mass is 32.2. The lowest BCUT2D eigenvalue weighted by molar-refractivity contribution is 0.354. The van der Waals surface area contributed by atoms with Crippen molar-refractivity contribution in [2.75, 3.05) is 14.1 Å². The topological polar surface area (TPSA) is 23.1 Å². The molecule has 0 aliphatic carbocycles. The smallest absolute Gasteiger partial charge is 0.179 e. The molecule has 0 unspecified atom stereocenters. The van der Waals surface area contributed by atoms with E-state index in [9.17, 15) is 5.11 Å². The standard InChI is InChI=1S/C8H10NOS/c1-9(2)11-8-5-3-4-7(10)6-8/h3-6H,1-2H3. The van der Waals surface area contributed by atoms with E-state index >= 15 is 0 Å². The minimum atomic E-state index is 0.0665. The summed E-state index contributed by atoms with van der Waals surface area (Å²) in [5.74, 6) is 0.0665. The van der Waals surface area contributed by atoms with Gasteiger partial charge in [0.1, 0.15) is 0 Å². The second-order valence-electron chi connectivity index (χ2n) is 2.38. The van der Waals surface area contributed by atoms with Gasteiger partial charge < -0.3 is 0 Å². The molecule has 0 fully saturated rings. The highest BCUT2D eigenvalue weighted by Crippen LogP contribution is 2.23. The van der Waals surface area contributed by atoms with E-state index < -0.39 is 0 Å². The van der Waals surface area contributed by atoms with Crippen LogP contribution in [0.25, 0.3) is 0 Å². The zero-order chi connectivity index (χ0) is 8.27. The first-order chi connectivity index (χ1) is 5.18. The minimum Gasteiger partial charge on any atom is -0.290 e. The summed E-state index contributed by atoms with van der Waals surface area (Å²) in [5, 5.41) is 10.8. The molecule has 0 N–H and O–H groups in total. The van der Waals surface area contributed by atoms with Gasteiger partial charge >= 0.3 is 0 Å². The fourth-order valence-corrected chi connectivity index (χ4v) is 1.47. The van der Waals surface area contributed by atoms with E-state index in [1.165, 1.54) is 0 Å². The lowest BCUT2D eigenvalue weighted by atomic mass is 10.3. The Morgan fingerprint density at radius 3 is 2.64 bits per heavy atom. The molecular weight excluding hydrogens is 158 g/mol. The van der Waals surface area contributed by atoms with Gasteiger partial charge in [-0.2, -0.15) is 0 Å². The van der Waals surface area contributed by atoms with E-state index in [0.29, 0.717) is 0 Å². The molecule has 0 saturated carbocycles. The van der Waals surface area contributed by atoms with Crippen LogP contribution in [0.3, 0.4) is 0 Å². The quantitative estimate of drug-likeness (QED) is 0.633. The Morgan fingerprint density at radius 1 is 1.36 bits per heavy atom. The van der Waals surface area contributed by atoms with Gasteiger partial charge in [0.05, 0.1) is 0 Å². The van der Waals surface area contributed by atoms with Crippen molar-refractivity contribution in [1.29, 1.82) is 0 Å². The van der Waals surface area contributed by atoms with E-state index in [2.05, 4.69) is 0 Å². The van der Waals surface area contributed by atoms with E-state index in [1.54, 1.807) is 30.1 Å². The maximum atomic E-state index is 10.8. The molecule has 1 aromatic carbocycles. The molecule has 0 heterocycles. The van der Waals surface area contributed by atoms with Crippen molar-refractivity contribution in [2.24, 2.45) is 0 Å². The number of nitrogens with zero attached hydrogens (tertiary/aromatic N) is 1. The third kappa shape index (κ3) is 2.82. The van der Waals surface area contributed by atoms with Crippen molar-refractivity contribution in [3.63, 3.8) is 0 Å². The highest BCUT2D eigenvalue weighted by molar-refractivity contribution is 7.97. The predicted molar refractivity (Wildman–Crippen MR) is 46.1 cm³/mol. The monoisotopic (exact) mass is 168 g/mol. The van der Waals surface area contributed by atoms with Crippen molar-refractivity contribution in [3.8, 4) is 5.75 Å². The Bertz CT molecular complexity index is 237. The van der Waals surface area contributed by atoms with Gasteiger partial charge in [-0.15, -0.1) is 0 Å². The van der Waals surface area contributed by atoms with Gasteiger partial charge in [0, 0.05) is 11.0 Å². The van der Waals surface area contributed by atoms with Crippen LogP contribution in [-0.2, 0) is 5.11 Å². The summed E-state index contributed by atoms with van der Waals surface area (Å²) < 4.78 is 1.95. The Hall–Kier alpha value is -0.670. The fraction of sp³-hybridized carbons (Fsp3) is 0.250. The summed E-state index contributed by atoms with van der Waals surface area (Å²) in [4.78, 5) is 0.988. The molecule has 0 amide bonds. The van der Waals surface area contributed by atoms with Crippen LogP contribution in [0.15, 0.2) is 29.2 Å². The second kappa shape index (κ2) is 3.64. The van der Waals surface area contributed by atoms with Crippen LogP contribution in [0.5, 0.6) is 5.75 Å². The van der Waals surface area contributed by atoms with Crippen LogP contribution in [0.4, 0.5) is 0 Å². The van der Waals surface area contributed by atoms with E-state index in [0.717, 1.165) is 4.90 Å². The van der Waals surface area contributed by atoms with Gasteiger partial charge in [0.15, 0.2) is 5.75 Å². The molecule has 0 bridgehead atoms. The van der Waals surface area contributed by atoms with Crippen molar-refractivity contribution < 1.29 is 5.11 Å². The average molecular weight is 168 g/mol. The normalized spacial score (nSPS) is 10.5. The summed E-state index contributed by atoms with van der Waals surface area (Å²) >= 11 is 1.55. The largest absolute Gasteiger partial charge is 0.290 e. The molecule has 0 atom stereocenters. The molecule has 3 heteroatoms. The van der Waals surface area contributed by atoms with Gasteiger partial charge in [0.2, 0.25) is 0 Å². The Morgan fingerprint density at radius 2 is 2.09 bits per heavy atom. The molecule has 0 spiro atoms. The van der Waals surface area contributed by atoms with Crippen LogP contribution in [0.1, 0.15) is 0 Å². The summed E-state index contributed by atoms with van der Waals surface area (Å²) in [6.07, 6.45) is 0. The molecule has 1 rings (SSSR count). The molecule has 0 aromatic heterocycles. The molecule has 0 aliphatic heterocycles. The van der Waals surface area contributed by atoms with Crippen molar-refractivity contribution >= 4 is 11.9 Å². The van der Waals surface area contributed by atoms with Crippen molar-refractivity contribution in [2.45, 2.75) is 4.90 Å². The van der Waals surface area contributed by atoms with Crippen LogP contribution in [-0.4, -0.2) is 18.4 Å². The van der Waals surface area contributed by atoms with Crippen LogP contribution in [0, 0.1) is 0 Å². The molecule has 0 aliphatic rings. The maximum absolute atomic E-state index is 10.8. The van der Waals surface area contributed by atoms with E-state index in [1.807, 2.05) is 24.5 Å². The lowest BCUT2D eigenvalue weighted by Gasteiger charge is -2.06. The van der Waals surface area contributed by atoms with Crippen LogP contribution >= 0.6 is 11.9 Å². The SMILES string of the molecule is CN(C)Sc1cccc([O])c1. The lowest BCUT2D eigenvalue weighted by Crippen LogP contribution is -1.97. The van der Waals surface area contributed by atoms with Gasteiger partial charge in [0.25, 0.3) is 0 Å². The first kappa shape index (κ1) is 8.43. The van der Waals surface area contributed by atoms with Crippen LogP contribution in [0.2, 0.25) is 0 Å². The van der Waals surface area contributed by atoms with Gasteiger partial charge in [-0.1, -0.05) is 6.07 Å². The summed E-state index contributed by atoms with van der Waals surface area (Å²) in [6.45, 7) is 0. The first-order valence-corrected chi connectivity index (χ1v) is 4.08. The first-order valence-electron chi connectivity index (χ1n) is 3.31. The summed E-state index contributed by atoms with van der Waals surface area (Å²) in [7, 11) is 3.89. The predicted octanol–water partition coefficient (Wildman–Crippen LogP) is 2.40. The summed E-state index contributed by atoms with van der Waals surface area (Å²) in [5.41, 5.74) is 0. The van der Waals surface area contributed by atoms with Gasteiger partial charge in [-0.05, 0) is 38.2 Å². The van der Waals surface area contributed by atoms with Gasteiger partial charge in [-0.25, -0.2) is 0 Å². The Balaban J connectivity index is 2.71. The third-order valence-corrected chi connectivity index (χ3v) is 1.92.